The van der Waals surface area contributed by atoms with Gasteiger partial charge in [0.2, 0.25) is 17.7 Å². The van der Waals surface area contributed by atoms with Crippen LogP contribution in [0.3, 0.4) is 0 Å². The number of thiol groups is 1. The fourth-order valence-corrected chi connectivity index (χ4v) is 2.45. The van der Waals surface area contributed by atoms with Crippen molar-refractivity contribution in [1.82, 2.24) is 16.0 Å². The van der Waals surface area contributed by atoms with Gasteiger partial charge in [0.1, 0.15) is 18.1 Å². The predicted molar refractivity (Wildman–Crippen MR) is 116 cm³/mol. The number of hydrogen-bond donors (Lipinski definition) is 8. The lowest BCUT2D eigenvalue weighted by Gasteiger charge is -2.26. The highest BCUT2D eigenvalue weighted by molar-refractivity contribution is 7.80. The highest BCUT2D eigenvalue weighted by atomic mass is 32.1. The van der Waals surface area contributed by atoms with Crippen molar-refractivity contribution in [3.05, 3.63) is 0 Å². The maximum absolute atomic E-state index is 12.8. The van der Waals surface area contributed by atoms with Crippen LogP contribution in [-0.4, -0.2) is 71.2 Å². The fourth-order valence-electron chi connectivity index (χ4n) is 2.29. The monoisotopic (exact) mass is 447 g/mol. The standard InChI is InChI=1S/C17H33N7O5S/c1-8(2)12(24-13(25)10(18)7-30)15(27)23-11(5-4-6-21-17(19)20)14(26)22-9(3)16(28)29/h8-12,30H,4-7,18H2,1-3H3,(H,22,26)(H,23,27)(H,24,25)(H,28,29)(H4,19,20,21). The van der Waals surface area contributed by atoms with Gasteiger partial charge in [0, 0.05) is 12.3 Å². The van der Waals surface area contributed by atoms with Crippen molar-refractivity contribution in [2.75, 3.05) is 12.3 Å². The zero-order valence-electron chi connectivity index (χ0n) is 17.4. The second-order valence-electron chi connectivity index (χ2n) is 7.10. The molecule has 3 amide bonds. The molecule has 0 aromatic carbocycles. The molecule has 0 saturated carbocycles. The molecule has 0 rings (SSSR count). The average Bonchev–Trinajstić information content (AvgIpc) is 2.66. The van der Waals surface area contributed by atoms with E-state index < -0.39 is 47.9 Å². The van der Waals surface area contributed by atoms with Crippen molar-refractivity contribution in [1.29, 1.82) is 0 Å². The van der Waals surface area contributed by atoms with Crippen LogP contribution >= 0.6 is 12.6 Å². The van der Waals surface area contributed by atoms with Gasteiger partial charge >= 0.3 is 5.97 Å². The zero-order valence-corrected chi connectivity index (χ0v) is 18.3. The Hall–Kier alpha value is -2.54. The van der Waals surface area contributed by atoms with E-state index in [-0.39, 0.29) is 30.6 Å². The first-order chi connectivity index (χ1) is 13.9. The molecule has 0 aliphatic heterocycles. The van der Waals surface area contributed by atoms with Gasteiger partial charge in [-0.2, -0.15) is 12.6 Å². The third-order valence-corrected chi connectivity index (χ3v) is 4.48. The van der Waals surface area contributed by atoms with Crippen molar-refractivity contribution in [2.24, 2.45) is 28.1 Å². The number of aliphatic imine (C=N–C) groups is 1. The Bertz CT molecular complexity index is 640. The van der Waals surface area contributed by atoms with Crippen LogP contribution in [0, 0.1) is 5.92 Å². The molecule has 13 heteroatoms. The van der Waals surface area contributed by atoms with Crippen molar-refractivity contribution in [3.8, 4) is 0 Å². The number of hydrogen-bond acceptors (Lipinski definition) is 7. The topological polar surface area (TPSA) is 215 Å². The summed E-state index contributed by atoms with van der Waals surface area (Å²) in [5.41, 5.74) is 16.2. The number of carbonyl (C=O) groups excluding carboxylic acids is 3. The van der Waals surface area contributed by atoms with Gasteiger partial charge in [0.25, 0.3) is 0 Å². The smallest absolute Gasteiger partial charge is 0.325 e. The molecule has 30 heavy (non-hydrogen) atoms. The van der Waals surface area contributed by atoms with E-state index in [4.69, 9.17) is 22.3 Å². The number of carbonyl (C=O) groups is 4. The lowest BCUT2D eigenvalue weighted by Crippen LogP contribution is -2.58. The van der Waals surface area contributed by atoms with Gasteiger partial charge in [0.15, 0.2) is 5.96 Å². The van der Waals surface area contributed by atoms with E-state index in [1.165, 1.54) is 6.92 Å². The number of rotatable bonds is 13. The minimum Gasteiger partial charge on any atom is -0.480 e. The predicted octanol–water partition coefficient (Wildman–Crippen LogP) is -2.49. The molecule has 0 fully saturated rings. The van der Waals surface area contributed by atoms with E-state index in [9.17, 15) is 19.2 Å². The number of nitrogens with one attached hydrogen (secondary N) is 3. The summed E-state index contributed by atoms with van der Waals surface area (Å²) in [6.45, 7) is 4.96. The van der Waals surface area contributed by atoms with E-state index in [0.717, 1.165) is 0 Å². The van der Waals surface area contributed by atoms with E-state index in [0.29, 0.717) is 6.42 Å². The van der Waals surface area contributed by atoms with Crippen LogP contribution in [0.4, 0.5) is 0 Å². The summed E-state index contributed by atoms with van der Waals surface area (Å²) >= 11 is 3.96. The summed E-state index contributed by atoms with van der Waals surface area (Å²) < 4.78 is 0. The molecule has 0 heterocycles. The summed E-state index contributed by atoms with van der Waals surface area (Å²) in [5, 5.41) is 16.4. The molecule has 4 unspecified atom stereocenters. The SMILES string of the molecule is CC(NC(=O)C(CCCN=C(N)N)NC(=O)C(NC(=O)C(N)CS)C(C)C)C(=O)O. The van der Waals surface area contributed by atoms with Crippen LogP contribution in [0.1, 0.15) is 33.6 Å². The molecule has 172 valence electrons. The highest BCUT2D eigenvalue weighted by Crippen LogP contribution is 2.06. The van der Waals surface area contributed by atoms with Crippen molar-refractivity contribution in [2.45, 2.75) is 57.8 Å². The van der Waals surface area contributed by atoms with E-state index >= 15 is 0 Å². The third-order valence-electron chi connectivity index (χ3n) is 4.09. The van der Waals surface area contributed by atoms with Crippen LogP contribution in [-0.2, 0) is 19.2 Å². The van der Waals surface area contributed by atoms with Gasteiger partial charge in [-0.25, -0.2) is 0 Å². The Balaban J connectivity index is 5.31. The summed E-state index contributed by atoms with van der Waals surface area (Å²) in [4.78, 5) is 52.1. The maximum Gasteiger partial charge on any atom is 0.325 e. The Labute approximate surface area is 181 Å². The van der Waals surface area contributed by atoms with Crippen molar-refractivity contribution < 1.29 is 24.3 Å². The highest BCUT2D eigenvalue weighted by Gasteiger charge is 2.30. The van der Waals surface area contributed by atoms with E-state index in [2.05, 4.69) is 33.6 Å². The Morgan fingerprint density at radius 3 is 2.07 bits per heavy atom. The number of nitrogens with two attached hydrogens (primary N) is 3. The molecule has 4 atom stereocenters. The van der Waals surface area contributed by atoms with Gasteiger partial charge in [-0.3, -0.25) is 24.2 Å². The number of guanidine groups is 1. The summed E-state index contributed by atoms with van der Waals surface area (Å²) in [6, 6.07) is -4.04. The van der Waals surface area contributed by atoms with Gasteiger partial charge in [-0.05, 0) is 25.7 Å². The van der Waals surface area contributed by atoms with Crippen LogP contribution in [0.2, 0.25) is 0 Å². The second kappa shape index (κ2) is 13.6. The molecule has 0 bridgehead atoms. The van der Waals surface area contributed by atoms with Gasteiger partial charge in [-0.15, -0.1) is 0 Å². The van der Waals surface area contributed by atoms with Gasteiger partial charge < -0.3 is 38.3 Å². The van der Waals surface area contributed by atoms with Gasteiger partial charge in [-0.1, -0.05) is 13.8 Å². The molecule has 0 aromatic heterocycles. The van der Waals surface area contributed by atoms with Crippen LogP contribution in [0.5, 0.6) is 0 Å². The molecular weight excluding hydrogens is 414 g/mol. The maximum atomic E-state index is 12.8. The Morgan fingerprint density at radius 2 is 1.60 bits per heavy atom. The lowest BCUT2D eigenvalue weighted by molar-refractivity contribution is -0.141. The molecule has 0 saturated heterocycles. The van der Waals surface area contributed by atoms with Crippen molar-refractivity contribution in [3.63, 3.8) is 0 Å². The Kier molecular flexibility index (Phi) is 12.5. The van der Waals surface area contributed by atoms with Gasteiger partial charge in [0.05, 0.1) is 6.04 Å². The molecule has 10 N–H and O–H groups in total. The quantitative estimate of drug-likeness (QED) is 0.0652. The number of carboxylic acids is 1. The first-order valence-electron chi connectivity index (χ1n) is 9.46. The van der Waals surface area contributed by atoms with E-state index in [1.54, 1.807) is 13.8 Å². The molecule has 0 aromatic rings. The molecule has 0 radical (unpaired) electrons. The number of carboxylic acid groups (broad SMARTS) is 1. The van der Waals surface area contributed by atoms with Crippen LogP contribution in [0.15, 0.2) is 4.99 Å². The first-order valence-corrected chi connectivity index (χ1v) is 10.1. The summed E-state index contributed by atoms with van der Waals surface area (Å²) in [5.74, 6) is -3.36. The minimum atomic E-state index is -1.22. The van der Waals surface area contributed by atoms with Crippen LogP contribution < -0.4 is 33.2 Å². The first kappa shape index (κ1) is 27.5. The molecule has 0 spiro atoms. The minimum absolute atomic E-state index is 0.0984. The second-order valence-corrected chi connectivity index (χ2v) is 7.46. The summed E-state index contributed by atoms with van der Waals surface area (Å²) in [7, 11) is 0. The van der Waals surface area contributed by atoms with E-state index in [1.807, 2.05) is 0 Å². The molecule has 0 aliphatic carbocycles. The Morgan fingerprint density at radius 1 is 1.00 bits per heavy atom. The number of nitrogens with zero attached hydrogens (tertiary/aromatic N) is 1. The number of amides is 3. The van der Waals surface area contributed by atoms with Crippen LogP contribution in [0.25, 0.3) is 0 Å². The van der Waals surface area contributed by atoms with Crippen molar-refractivity contribution >= 4 is 42.3 Å². The molecule has 0 aliphatic rings. The third kappa shape index (κ3) is 10.3. The fraction of sp³-hybridized carbons (Fsp3) is 0.706. The largest absolute Gasteiger partial charge is 0.480 e. The zero-order chi connectivity index (χ0) is 23.4. The lowest BCUT2D eigenvalue weighted by atomic mass is 10.0. The molecule has 12 nitrogen and oxygen atoms in total. The molecular formula is C17H33N7O5S. The number of aliphatic carboxylic acids is 1. The normalized spacial score (nSPS) is 14.7. The summed E-state index contributed by atoms with van der Waals surface area (Å²) in [6.07, 6.45) is 0.497. The average molecular weight is 448 g/mol.